The van der Waals surface area contributed by atoms with Crippen molar-refractivity contribution in [2.24, 2.45) is 0 Å². The molecule has 1 amide bonds. The van der Waals surface area contributed by atoms with Gasteiger partial charge in [0.2, 0.25) is 5.91 Å². The van der Waals surface area contributed by atoms with E-state index in [1.807, 2.05) is 0 Å². The molecule has 0 fully saturated rings. The molecular weight excluding hydrogens is 312 g/mol. The summed E-state index contributed by atoms with van der Waals surface area (Å²) < 4.78 is 12.7. The highest BCUT2D eigenvalue weighted by Crippen LogP contribution is 2.21. The number of carbonyl (C=O) groups is 1. The van der Waals surface area contributed by atoms with Crippen molar-refractivity contribution in [1.82, 2.24) is 5.32 Å². The fraction of sp³-hybridized carbons (Fsp3) is 0.0625. The van der Waals surface area contributed by atoms with E-state index in [9.17, 15) is 9.18 Å². The Morgan fingerprint density at radius 1 is 1.14 bits per heavy atom. The second-order valence-corrected chi connectivity index (χ2v) is 5.19. The molecule has 0 aliphatic rings. The maximum atomic E-state index is 12.7. The van der Waals surface area contributed by atoms with Gasteiger partial charge >= 0.3 is 0 Å². The molecule has 0 spiro atoms. The van der Waals surface area contributed by atoms with Gasteiger partial charge in [0.1, 0.15) is 5.82 Å². The summed E-state index contributed by atoms with van der Waals surface area (Å²) in [7, 11) is 0. The number of amides is 1. The van der Waals surface area contributed by atoms with Crippen LogP contribution >= 0.6 is 23.2 Å². The van der Waals surface area contributed by atoms with E-state index >= 15 is 0 Å². The highest BCUT2D eigenvalue weighted by Gasteiger charge is 2.00. The fourth-order valence-electron chi connectivity index (χ4n) is 1.65. The van der Waals surface area contributed by atoms with E-state index in [0.29, 0.717) is 22.2 Å². The minimum atomic E-state index is -0.303. The molecule has 0 radical (unpaired) electrons. The Balaban J connectivity index is 1.92. The van der Waals surface area contributed by atoms with Gasteiger partial charge in [-0.1, -0.05) is 41.4 Å². The maximum Gasteiger partial charge on any atom is 0.244 e. The first kappa shape index (κ1) is 15.5. The predicted octanol–water partition coefficient (Wildman–Crippen LogP) is 4.46. The van der Waals surface area contributed by atoms with Crippen LogP contribution < -0.4 is 5.32 Å². The van der Waals surface area contributed by atoms with Crippen LogP contribution in [0.4, 0.5) is 4.39 Å². The number of halogens is 3. The molecule has 2 rings (SSSR count). The Morgan fingerprint density at radius 2 is 1.86 bits per heavy atom. The van der Waals surface area contributed by atoms with Gasteiger partial charge in [-0.2, -0.15) is 0 Å². The van der Waals surface area contributed by atoms with E-state index < -0.39 is 0 Å². The largest absolute Gasteiger partial charge is 0.348 e. The molecule has 0 aliphatic heterocycles. The van der Waals surface area contributed by atoms with Crippen LogP contribution in [0, 0.1) is 5.82 Å². The van der Waals surface area contributed by atoms with Crippen molar-refractivity contribution in [1.29, 1.82) is 0 Å². The molecule has 21 heavy (non-hydrogen) atoms. The highest BCUT2D eigenvalue weighted by atomic mass is 35.5. The Kier molecular flexibility index (Phi) is 5.37. The number of benzene rings is 2. The van der Waals surface area contributed by atoms with Gasteiger partial charge < -0.3 is 5.32 Å². The van der Waals surface area contributed by atoms with E-state index in [4.69, 9.17) is 23.2 Å². The van der Waals surface area contributed by atoms with Gasteiger partial charge in [-0.15, -0.1) is 0 Å². The molecule has 1 N–H and O–H groups in total. The second-order valence-electron chi connectivity index (χ2n) is 4.34. The van der Waals surface area contributed by atoms with Crippen molar-refractivity contribution >= 4 is 35.2 Å². The van der Waals surface area contributed by atoms with Gasteiger partial charge in [-0.05, 0) is 41.5 Å². The Morgan fingerprint density at radius 3 is 2.52 bits per heavy atom. The first-order chi connectivity index (χ1) is 10.0. The van der Waals surface area contributed by atoms with Crippen LogP contribution in [-0.4, -0.2) is 5.91 Å². The van der Waals surface area contributed by atoms with Crippen molar-refractivity contribution in [2.45, 2.75) is 6.54 Å². The number of hydrogen-bond acceptors (Lipinski definition) is 1. The molecular formula is C16H12Cl2FNO. The molecule has 2 aromatic rings. The summed E-state index contributed by atoms with van der Waals surface area (Å²) in [5, 5.41) is 3.72. The third-order valence-electron chi connectivity index (χ3n) is 2.76. The van der Waals surface area contributed by atoms with Gasteiger partial charge in [0.05, 0.1) is 0 Å². The minimum absolute atomic E-state index is 0.259. The molecule has 0 unspecified atom stereocenters. The van der Waals surface area contributed by atoms with Crippen LogP contribution in [0.15, 0.2) is 48.5 Å². The monoisotopic (exact) mass is 323 g/mol. The van der Waals surface area contributed by atoms with Gasteiger partial charge in [-0.3, -0.25) is 4.79 Å². The molecule has 108 valence electrons. The summed E-state index contributed by atoms with van der Waals surface area (Å²) in [4.78, 5) is 11.7. The molecule has 5 heteroatoms. The average molecular weight is 324 g/mol. The van der Waals surface area contributed by atoms with Gasteiger partial charge in [0.25, 0.3) is 0 Å². The standard InChI is InChI=1S/C16H12Cl2FNO/c17-13-5-3-12(15(18)9-13)4-8-16(21)20-10-11-1-6-14(19)7-2-11/h1-9H,10H2,(H,20,21). The average Bonchev–Trinajstić information content (AvgIpc) is 2.46. The molecule has 0 aromatic heterocycles. The minimum Gasteiger partial charge on any atom is -0.348 e. The van der Waals surface area contributed by atoms with E-state index in [-0.39, 0.29) is 11.7 Å². The number of hydrogen-bond donors (Lipinski definition) is 1. The molecule has 0 saturated carbocycles. The van der Waals surface area contributed by atoms with Gasteiger partial charge in [0.15, 0.2) is 0 Å². The lowest BCUT2D eigenvalue weighted by Gasteiger charge is -2.03. The van der Waals surface area contributed by atoms with E-state index in [1.165, 1.54) is 18.2 Å². The summed E-state index contributed by atoms with van der Waals surface area (Å²) in [5.74, 6) is -0.562. The molecule has 0 aliphatic carbocycles. The highest BCUT2D eigenvalue weighted by molar-refractivity contribution is 6.35. The SMILES string of the molecule is O=C(C=Cc1ccc(Cl)cc1Cl)NCc1ccc(F)cc1. The topological polar surface area (TPSA) is 29.1 Å². The van der Waals surface area contributed by atoms with Crippen molar-refractivity contribution in [3.8, 4) is 0 Å². The Labute approximate surface area is 132 Å². The van der Waals surface area contributed by atoms with Crippen LogP contribution in [0.25, 0.3) is 6.08 Å². The van der Waals surface area contributed by atoms with Gasteiger partial charge in [0, 0.05) is 22.7 Å². The van der Waals surface area contributed by atoms with Crippen LogP contribution in [0.1, 0.15) is 11.1 Å². The van der Waals surface area contributed by atoms with Gasteiger partial charge in [-0.25, -0.2) is 4.39 Å². The molecule has 0 saturated heterocycles. The van der Waals surface area contributed by atoms with E-state index in [0.717, 1.165) is 5.56 Å². The summed E-state index contributed by atoms with van der Waals surface area (Å²) >= 11 is 11.8. The maximum absolute atomic E-state index is 12.7. The molecule has 0 atom stereocenters. The second kappa shape index (κ2) is 7.25. The van der Waals surface area contributed by atoms with E-state index in [2.05, 4.69) is 5.32 Å². The lowest BCUT2D eigenvalue weighted by molar-refractivity contribution is -0.116. The molecule has 2 nitrogen and oxygen atoms in total. The third kappa shape index (κ3) is 4.88. The lowest BCUT2D eigenvalue weighted by Crippen LogP contribution is -2.20. The summed E-state index contributed by atoms with van der Waals surface area (Å²) in [5.41, 5.74) is 1.53. The number of rotatable bonds is 4. The zero-order valence-electron chi connectivity index (χ0n) is 10.9. The molecule has 2 aromatic carbocycles. The first-order valence-electron chi connectivity index (χ1n) is 6.20. The molecule has 0 bridgehead atoms. The smallest absolute Gasteiger partial charge is 0.244 e. The number of carbonyl (C=O) groups excluding carboxylic acids is 1. The zero-order chi connectivity index (χ0) is 15.2. The lowest BCUT2D eigenvalue weighted by atomic mass is 10.2. The van der Waals surface area contributed by atoms with E-state index in [1.54, 1.807) is 36.4 Å². The van der Waals surface area contributed by atoms with Crippen molar-refractivity contribution in [2.75, 3.05) is 0 Å². The normalized spacial score (nSPS) is 10.8. The quantitative estimate of drug-likeness (QED) is 0.827. The van der Waals surface area contributed by atoms with Crippen LogP contribution in [0.3, 0.4) is 0 Å². The predicted molar refractivity (Wildman–Crippen MR) is 83.7 cm³/mol. The first-order valence-corrected chi connectivity index (χ1v) is 6.95. The Hall–Kier alpha value is -1.84. The summed E-state index contributed by atoms with van der Waals surface area (Å²) in [6.07, 6.45) is 3.00. The Bertz CT molecular complexity index is 668. The van der Waals surface area contributed by atoms with Crippen molar-refractivity contribution < 1.29 is 9.18 Å². The third-order valence-corrected chi connectivity index (χ3v) is 3.32. The van der Waals surface area contributed by atoms with Crippen LogP contribution in [0.2, 0.25) is 10.0 Å². The van der Waals surface area contributed by atoms with Crippen molar-refractivity contribution in [3.63, 3.8) is 0 Å². The molecule has 0 heterocycles. The van der Waals surface area contributed by atoms with Crippen LogP contribution in [0.5, 0.6) is 0 Å². The summed E-state index contributed by atoms with van der Waals surface area (Å²) in [6, 6.07) is 11.0. The van der Waals surface area contributed by atoms with Crippen LogP contribution in [-0.2, 0) is 11.3 Å². The zero-order valence-corrected chi connectivity index (χ0v) is 12.5. The number of nitrogens with one attached hydrogen (secondary N) is 1. The van der Waals surface area contributed by atoms with Crippen molar-refractivity contribution in [3.05, 3.63) is 75.5 Å². The fourth-order valence-corrected chi connectivity index (χ4v) is 2.12. The summed E-state index contributed by atoms with van der Waals surface area (Å²) in [6.45, 7) is 0.331.